The lowest BCUT2D eigenvalue weighted by molar-refractivity contribution is -0.136. The summed E-state index contributed by atoms with van der Waals surface area (Å²) in [6.07, 6.45) is 2.21. The third kappa shape index (κ3) is 11.8. The second-order valence-electron chi connectivity index (χ2n) is 10.6. The average Bonchev–Trinajstić information content (AvgIpc) is 2.89. The molecule has 1 aliphatic rings. The van der Waals surface area contributed by atoms with Gasteiger partial charge in [0.1, 0.15) is 0 Å². The van der Waals surface area contributed by atoms with Crippen molar-refractivity contribution in [2.24, 2.45) is 11.3 Å². The molecular formula is C28H42F3NO7. The molecule has 1 saturated heterocycles. The Kier molecular flexibility index (Phi) is 14.2. The van der Waals surface area contributed by atoms with Crippen LogP contribution in [0.2, 0.25) is 0 Å². The maximum absolute atomic E-state index is 13.9. The van der Waals surface area contributed by atoms with Crippen LogP contribution >= 0.6 is 0 Å². The van der Waals surface area contributed by atoms with Crippen molar-refractivity contribution in [1.29, 1.82) is 0 Å². The van der Waals surface area contributed by atoms with Crippen LogP contribution in [0.15, 0.2) is 6.07 Å². The Balaban J connectivity index is 1.39. The van der Waals surface area contributed by atoms with Gasteiger partial charge in [-0.3, -0.25) is 9.59 Å². The van der Waals surface area contributed by atoms with Gasteiger partial charge in [0.25, 0.3) is 0 Å². The minimum absolute atomic E-state index is 0.0503. The molecule has 222 valence electrons. The van der Waals surface area contributed by atoms with Crippen molar-refractivity contribution in [3.8, 4) is 5.75 Å². The van der Waals surface area contributed by atoms with Gasteiger partial charge < -0.3 is 28.6 Å². The highest BCUT2D eigenvalue weighted by Gasteiger charge is 2.30. The number of carbonyl (C=O) groups is 2. The number of aryl methyl sites for hydroxylation is 1. The van der Waals surface area contributed by atoms with Gasteiger partial charge in [0.2, 0.25) is 17.5 Å². The molecule has 8 nitrogen and oxygen atoms in total. The predicted molar refractivity (Wildman–Crippen MR) is 138 cm³/mol. The van der Waals surface area contributed by atoms with Crippen molar-refractivity contribution in [2.45, 2.75) is 53.4 Å². The van der Waals surface area contributed by atoms with Gasteiger partial charge in [-0.1, -0.05) is 20.8 Å². The molecule has 39 heavy (non-hydrogen) atoms. The van der Waals surface area contributed by atoms with Gasteiger partial charge in [-0.05, 0) is 42.7 Å². The van der Waals surface area contributed by atoms with Crippen molar-refractivity contribution < 1.29 is 46.4 Å². The van der Waals surface area contributed by atoms with E-state index in [2.05, 4.69) is 25.5 Å². The topological polar surface area (TPSA) is 83.5 Å². The summed E-state index contributed by atoms with van der Waals surface area (Å²) in [5.74, 6) is -5.17. The van der Waals surface area contributed by atoms with Crippen LogP contribution in [0, 0.1) is 35.7 Å². The maximum Gasteiger partial charge on any atom is 0.313 e. The Morgan fingerprint density at radius 1 is 0.821 bits per heavy atom. The van der Waals surface area contributed by atoms with Crippen molar-refractivity contribution in [3.05, 3.63) is 29.1 Å². The second kappa shape index (κ2) is 16.8. The van der Waals surface area contributed by atoms with Crippen molar-refractivity contribution in [1.82, 2.24) is 4.90 Å². The standard InChI is InChI=1S/C28H42F3NO7/c1-20-19-22(29)26(31)27(25(20)30)39-24(34)8-12-36-14-16-38-18-17-37-15-13-35-11-7-23(33)32-9-5-21(6-10-32)28(2,3)4/h19,21H,5-18H2,1-4H3. The van der Waals surface area contributed by atoms with Crippen LogP contribution in [0.1, 0.15) is 52.0 Å². The van der Waals surface area contributed by atoms with Crippen molar-refractivity contribution >= 4 is 11.9 Å². The zero-order valence-corrected chi connectivity index (χ0v) is 23.5. The highest BCUT2D eigenvalue weighted by atomic mass is 19.2. The molecule has 0 spiro atoms. The quantitative estimate of drug-likeness (QED) is 0.128. The number of piperidine rings is 1. The van der Waals surface area contributed by atoms with E-state index in [1.807, 2.05) is 4.90 Å². The van der Waals surface area contributed by atoms with E-state index in [1.165, 1.54) is 6.92 Å². The number of ether oxygens (including phenoxy) is 5. The first-order valence-electron chi connectivity index (χ1n) is 13.4. The van der Waals surface area contributed by atoms with E-state index in [-0.39, 0.29) is 43.1 Å². The van der Waals surface area contributed by atoms with Gasteiger partial charge in [0.05, 0.1) is 65.7 Å². The van der Waals surface area contributed by atoms with E-state index in [4.69, 9.17) is 18.9 Å². The summed E-state index contributed by atoms with van der Waals surface area (Å²) in [4.78, 5) is 26.0. The van der Waals surface area contributed by atoms with Crippen LogP contribution in [0.4, 0.5) is 13.2 Å². The molecule has 1 heterocycles. The fraction of sp³-hybridized carbons (Fsp3) is 0.714. The number of rotatable bonds is 16. The van der Waals surface area contributed by atoms with Gasteiger partial charge in [-0.15, -0.1) is 0 Å². The van der Waals surface area contributed by atoms with Gasteiger partial charge in [-0.25, -0.2) is 8.78 Å². The fourth-order valence-corrected chi connectivity index (χ4v) is 4.18. The molecule has 0 radical (unpaired) electrons. The van der Waals surface area contributed by atoms with Gasteiger partial charge in [0, 0.05) is 13.1 Å². The Labute approximate surface area is 229 Å². The number of amides is 1. The van der Waals surface area contributed by atoms with Crippen LogP contribution in [-0.2, 0) is 28.5 Å². The molecule has 2 rings (SSSR count). The molecule has 11 heteroatoms. The molecule has 1 aliphatic heterocycles. The molecule has 0 atom stereocenters. The first kappa shape index (κ1) is 33.0. The molecule has 0 aromatic heterocycles. The molecule has 0 saturated carbocycles. The first-order valence-corrected chi connectivity index (χ1v) is 13.4. The lowest BCUT2D eigenvalue weighted by Gasteiger charge is -2.38. The fourth-order valence-electron chi connectivity index (χ4n) is 4.18. The minimum Gasteiger partial charge on any atom is -0.420 e. The van der Waals surface area contributed by atoms with E-state index in [0.717, 1.165) is 25.9 Å². The number of hydrogen-bond donors (Lipinski definition) is 0. The van der Waals surface area contributed by atoms with Gasteiger partial charge >= 0.3 is 5.97 Å². The molecular weight excluding hydrogens is 519 g/mol. The number of hydrogen-bond acceptors (Lipinski definition) is 7. The monoisotopic (exact) mass is 561 g/mol. The minimum atomic E-state index is -1.55. The SMILES string of the molecule is Cc1cc(F)c(F)c(OC(=O)CCOCCOCCOCCOCCC(=O)N2CCC(C(C)(C)C)CC2)c1F. The Hall–Kier alpha value is -2.21. The summed E-state index contributed by atoms with van der Waals surface area (Å²) in [6.45, 7) is 11.9. The molecule has 1 amide bonds. The number of benzene rings is 1. The largest absolute Gasteiger partial charge is 0.420 e. The Bertz CT molecular complexity index is 889. The molecule has 1 aromatic carbocycles. The summed E-state index contributed by atoms with van der Waals surface area (Å²) in [5, 5.41) is 0. The highest BCUT2D eigenvalue weighted by molar-refractivity contribution is 5.76. The normalized spacial score (nSPS) is 14.6. The van der Waals surface area contributed by atoms with Gasteiger partial charge in [-0.2, -0.15) is 4.39 Å². The summed E-state index contributed by atoms with van der Waals surface area (Å²) >= 11 is 0. The van der Waals surface area contributed by atoms with E-state index >= 15 is 0 Å². The maximum atomic E-state index is 13.9. The van der Waals surface area contributed by atoms with Crippen LogP contribution in [0.3, 0.4) is 0 Å². The second-order valence-corrected chi connectivity index (χ2v) is 10.6. The van der Waals surface area contributed by atoms with E-state index in [1.54, 1.807) is 0 Å². The smallest absolute Gasteiger partial charge is 0.313 e. The molecule has 0 N–H and O–H groups in total. The highest BCUT2D eigenvalue weighted by Crippen LogP contribution is 2.34. The van der Waals surface area contributed by atoms with E-state index in [9.17, 15) is 22.8 Å². The van der Waals surface area contributed by atoms with E-state index in [0.29, 0.717) is 51.4 Å². The van der Waals surface area contributed by atoms with Crippen LogP contribution < -0.4 is 4.74 Å². The number of likely N-dealkylation sites (tertiary alicyclic amines) is 1. The summed E-state index contributed by atoms with van der Waals surface area (Å²) in [7, 11) is 0. The predicted octanol–water partition coefficient (Wildman–Crippen LogP) is 4.45. The number of nitrogens with zero attached hydrogens (tertiary/aromatic N) is 1. The Morgan fingerprint density at radius 3 is 1.82 bits per heavy atom. The molecule has 1 fully saturated rings. The number of esters is 1. The summed E-state index contributed by atoms with van der Waals surface area (Å²) in [5.41, 5.74) is 0.116. The van der Waals surface area contributed by atoms with Crippen LogP contribution in [0.5, 0.6) is 5.75 Å². The number of halogens is 3. The Morgan fingerprint density at radius 2 is 1.31 bits per heavy atom. The van der Waals surface area contributed by atoms with Crippen molar-refractivity contribution in [2.75, 3.05) is 65.9 Å². The summed E-state index contributed by atoms with van der Waals surface area (Å²) < 4.78 is 67.0. The zero-order chi connectivity index (χ0) is 28.8. The summed E-state index contributed by atoms with van der Waals surface area (Å²) in [6, 6.07) is 0.687. The molecule has 0 unspecified atom stereocenters. The zero-order valence-electron chi connectivity index (χ0n) is 23.5. The third-order valence-corrected chi connectivity index (χ3v) is 6.61. The van der Waals surface area contributed by atoms with Crippen LogP contribution in [0.25, 0.3) is 0 Å². The third-order valence-electron chi connectivity index (χ3n) is 6.61. The molecule has 1 aromatic rings. The average molecular weight is 562 g/mol. The van der Waals surface area contributed by atoms with E-state index < -0.39 is 29.2 Å². The lowest BCUT2D eigenvalue weighted by atomic mass is 9.75. The molecule has 0 bridgehead atoms. The number of carbonyl (C=O) groups excluding carboxylic acids is 2. The van der Waals surface area contributed by atoms with Crippen LogP contribution in [-0.4, -0.2) is 82.7 Å². The molecule has 0 aliphatic carbocycles. The van der Waals surface area contributed by atoms with Gasteiger partial charge in [0.15, 0.2) is 11.6 Å². The lowest BCUT2D eigenvalue weighted by Crippen LogP contribution is -2.41. The first-order chi connectivity index (χ1) is 18.5. The van der Waals surface area contributed by atoms with Crippen molar-refractivity contribution in [3.63, 3.8) is 0 Å².